The summed E-state index contributed by atoms with van der Waals surface area (Å²) >= 11 is 0. The Morgan fingerprint density at radius 2 is 1.27 bits per heavy atom. The van der Waals surface area contributed by atoms with E-state index in [9.17, 15) is 17.5 Å². The van der Waals surface area contributed by atoms with Crippen LogP contribution in [0.3, 0.4) is 0 Å². The highest BCUT2D eigenvalue weighted by atomic mass is 31.2. The first-order chi connectivity index (χ1) is 6.54. The van der Waals surface area contributed by atoms with Gasteiger partial charge in [0.1, 0.15) is 12.6 Å². The predicted octanol–water partition coefficient (Wildman–Crippen LogP) is 3.52. The van der Waals surface area contributed by atoms with Crippen molar-refractivity contribution < 1.29 is 26.0 Å². The maximum atomic E-state index is 13.3. The van der Waals surface area contributed by atoms with Crippen LogP contribution in [0.4, 0.5) is 13.0 Å². The second kappa shape index (κ2) is 5.14. The summed E-state index contributed by atoms with van der Waals surface area (Å²) in [7, 11) is -10.7. The zero-order valence-corrected chi connectivity index (χ0v) is 12.1. The molecule has 0 aliphatic heterocycles. The van der Waals surface area contributed by atoms with Crippen molar-refractivity contribution in [1.29, 1.82) is 0 Å². The molecule has 0 spiro atoms. The SMILES string of the molecule is C[Si](C)(CF)OP(=O)(F)O[Si](C)(C)CF. The van der Waals surface area contributed by atoms with E-state index in [0.29, 0.717) is 0 Å². The molecule has 0 bridgehead atoms. The van der Waals surface area contributed by atoms with Crippen LogP contribution in [0.2, 0.25) is 26.2 Å². The van der Waals surface area contributed by atoms with Gasteiger partial charge in [0.05, 0.1) is 0 Å². The maximum Gasteiger partial charge on any atom is 0.493 e. The van der Waals surface area contributed by atoms with Gasteiger partial charge in [-0.25, -0.2) is 4.57 Å². The van der Waals surface area contributed by atoms with E-state index in [4.69, 9.17) is 0 Å². The standard InChI is InChI=1S/C6H16F3O3PSi2/c1-14(2,5-7)11-13(9,10)12-15(3,4)6-8/h5-6H2,1-4H3. The molecule has 0 aromatic heterocycles. The summed E-state index contributed by atoms with van der Waals surface area (Å²) < 4.78 is 58.2. The molecule has 0 atom stereocenters. The van der Waals surface area contributed by atoms with Crippen molar-refractivity contribution in [2.24, 2.45) is 0 Å². The van der Waals surface area contributed by atoms with E-state index in [-0.39, 0.29) is 0 Å². The lowest BCUT2D eigenvalue weighted by Gasteiger charge is -2.26. The van der Waals surface area contributed by atoms with Gasteiger partial charge in [-0.3, -0.25) is 8.78 Å². The van der Waals surface area contributed by atoms with Gasteiger partial charge in [-0.05, 0) is 26.2 Å². The van der Waals surface area contributed by atoms with Crippen LogP contribution in [0.15, 0.2) is 0 Å². The fraction of sp³-hybridized carbons (Fsp3) is 1.00. The molecule has 0 saturated heterocycles. The first-order valence-electron chi connectivity index (χ1n) is 4.37. The fourth-order valence-corrected chi connectivity index (χ4v) is 6.26. The predicted molar refractivity (Wildman–Crippen MR) is 57.8 cm³/mol. The highest BCUT2D eigenvalue weighted by molar-refractivity contribution is 7.51. The lowest BCUT2D eigenvalue weighted by molar-refractivity contribution is 0.319. The third-order valence-electron chi connectivity index (χ3n) is 1.36. The topological polar surface area (TPSA) is 35.5 Å². The third-order valence-corrected chi connectivity index (χ3v) is 8.34. The van der Waals surface area contributed by atoms with Crippen molar-refractivity contribution in [3.63, 3.8) is 0 Å². The lowest BCUT2D eigenvalue weighted by atomic mass is 11.8. The number of alkyl halides is 2. The largest absolute Gasteiger partial charge is 0.493 e. The molecular formula is C6H16F3O3PSi2. The van der Waals surface area contributed by atoms with Crippen LogP contribution in [0.25, 0.3) is 0 Å². The van der Waals surface area contributed by atoms with Gasteiger partial charge in [0.25, 0.3) is 0 Å². The number of hydrogen-bond acceptors (Lipinski definition) is 3. The van der Waals surface area contributed by atoms with E-state index < -0.39 is 37.1 Å². The summed E-state index contributed by atoms with van der Waals surface area (Å²) in [5.74, 6) is 0. The number of hydrogen-bond donors (Lipinski definition) is 0. The van der Waals surface area contributed by atoms with E-state index in [2.05, 4.69) is 8.43 Å². The summed E-state index contributed by atoms with van der Waals surface area (Å²) in [6, 6.07) is 0. The average Bonchev–Trinajstić information content (AvgIpc) is 2.00. The molecule has 3 nitrogen and oxygen atoms in total. The first-order valence-corrected chi connectivity index (χ1v) is 12.0. The molecule has 0 amide bonds. The quantitative estimate of drug-likeness (QED) is 0.551. The van der Waals surface area contributed by atoms with E-state index >= 15 is 0 Å². The zero-order valence-electron chi connectivity index (χ0n) is 9.22. The monoisotopic (exact) mass is 280 g/mol. The van der Waals surface area contributed by atoms with Gasteiger partial charge >= 0.3 is 7.91 Å². The molecule has 0 N–H and O–H groups in total. The van der Waals surface area contributed by atoms with Crippen LogP contribution in [-0.2, 0) is 13.0 Å². The van der Waals surface area contributed by atoms with Gasteiger partial charge in [0.15, 0.2) is 0 Å². The van der Waals surface area contributed by atoms with Gasteiger partial charge in [0.2, 0.25) is 16.6 Å². The average molecular weight is 280 g/mol. The van der Waals surface area contributed by atoms with Crippen molar-refractivity contribution in [1.82, 2.24) is 0 Å². The van der Waals surface area contributed by atoms with Crippen molar-refractivity contribution in [3.8, 4) is 0 Å². The number of rotatable bonds is 6. The Bertz CT molecular complexity index is 240. The summed E-state index contributed by atoms with van der Waals surface area (Å²) in [6.45, 7) is 5.47. The smallest absolute Gasteiger partial charge is 0.324 e. The normalized spacial score (nSPS) is 14.3. The molecule has 0 heterocycles. The van der Waals surface area contributed by atoms with Gasteiger partial charge in [-0.15, -0.1) is 4.20 Å². The fourth-order valence-electron chi connectivity index (χ4n) is 0.658. The Morgan fingerprint density at radius 1 is 1.00 bits per heavy atom. The summed E-state index contributed by atoms with van der Waals surface area (Å²) in [5, 5.41) is 0. The lowest BCUT2D eigenvalue weighted by Crippen LogP contribution is -2.36. The molecule has 0 fully saturated rings. The van der Waals surface area contributed by atoms with Crippen molar-refractivity contribution in [2.45, 2.75) is 26.2 Å². The molecule has 0 radical (unpaired) electrons. The maximum absolute atomic E-state index is 13.3. The number of halogens is 3. The van der Waals surface area contributed by atoms with Crippen LogP contribution in [0.1, 0.15) is 0 Å². The van der Waals surface area contributed by atoms with E-state index in [1.54, 1.807) is 0 Å². The molecule has 0 aliphatic carbocycles. The Morgan fingerprint density at radius 3 is 1.47 bits per heavy atom. The molecular weight excluding hydrogens is 264 g/mol. The van der Waals surface area contributed by atoms with E-state index in [0.717, 1.165) is 0 Å². The second-order valence-electron chi connectivity index (χ2n) is 4.40. The van der Waals surface area contributed by atoms with Crippen LogP contribution in [-0.4, -0.2) is 29.2 Å². The van der Waals surface area contributed by atoms with Crippen molar-refractivity contribution in [2.75, 3.05) is 12.6 Å². The molecule has 0 aromatic rings. The minimum atomic E-state index is -4.83. The Kier molecular flexibility index (Phi) is 5.26. The van der Waals surface area contributed by atoms with E-state index in [1.165, 1.54) is 26.2 Å². The Labute approximate surface area is 89.9 Å². The molecule has 0 aliphatic rings. The molecule has 92 valence electrons. The van der Waals surface area contributed by atoms with Crippen LogP contribution in [0, 0.1) is 0 Å². The molecule has 0 saturated carbocycles. The molecule has 15 heavy (non-hydrogen) atoms. The van der Waals surface area contributed by atoms with Crippen molar-refractivity contribution >= 4 is 24.5 Å². The minimum Gasteiger partial charge on any atom is -0.324 e. The highest BCUT2D eigenvalue weighted by Gasteiger charge is 2.41. The second-order valence-corrected chi connectivity index (χ2v) is 14.3. The zero-order chi connectivity index (χ0) is 12.3. The molecule has 0 aromatic carbocycles. The minimum absolute atomic E-state index is 0.873. The molecule has 0 unspecified atom stereocenters. The van der Waals surface area contributed by atoms with Gasteiger partial charge in [-0.1, -0.05) is 0 Å². The third kappa shape index (κ3) is 6.52. The summed E-state index contributed by atoms with van der Waals surface area (Å²) in [4.78, 5) is 0. The summed E-state index contributed by atoms with van der Waals surface area (Å²) in [5.41, 5.74) is 0. The van der Waals surface area contributed by atoms with Gasteiger partial charge in [-0.2, -0.15) is 0 Å². The van der Waals surface area contributed by atoms with Crippen LogP contribution < -0.4 is 0 Å². The highest BCUT2D eigenvalue weighted by Crippen LogP contribution is 2.54. The van der Waals surface area contributed by atoms with Crippen LogP contribution in [0.5, 0.6) is 0 Å². The first kappa shape index (κ1) is 15.4. The van der Waals surface area contributed by atoms with E-state index in [1.807, 2.05) is 0 Å². The van der Waals surface area contributed by atoms with Crippen molar-refractivity contribution in [3.05, 3.63) is 0 Å². The molecule has 0 rings (SSSR count). The summed E-state index contributed by atoms with van der Waals surface area (Å²) in [6.07, 6.45) is -1.75. The molecule has 9 heteroatoms. The Balaban J connectivity index is 4.51. The Hall–Kier alpha value is 0.374. The van der Waals surface area contributed by atoms with Gasteiger partial charge < -0.3 is 8.43 Å². The van der Waals surface area contributed by atoms with Gasteiger partial charge in [0, 0.05) is 0 Å². The van der Waals surface area contributed by atoms with Crippen LogP contribution >= 0.6 is 7.91 Å².